The lowest BCUT2D eigenvalue weighted by molar-refractivity contribution is -0.113. The molecule has 0 bridgehead atoms. The lowest BCUT2D eigenvalue weighted by atomic mass is 9.97. The zero-order chi connectivity index (χ0) is 18.1. The van der Waals surface area contributed by atoms with Gasteiger partial charge in [0.25, 0.3) is 5.56 Å². The number of fused-ring (bicyclic) bond motifs is 3. The maximum Gasteiger partial charge on any atom is 0.255 e. The Morgan fingerprint density at radius 3 is 3.00 bits per heavy atom. The zero-order valence-corrected chi connectivity index (χ0v) is 15.4. The average molecular weight is 390 g/mol. The van der Waals surface area contributed by atoms with Gasteiger partial charge in [-0.3, -0.25) is 19.0 Å². The Morgan fingerprint density at radius 1 is 1.31 bits per heavy atom. The van der Waals surface area contributed by atoms with E-state index >= 15 is 0 Å². The van der Waals surface area contributed by atoms with E-state index in [9.17, 15) is 9.59 Å². The second kappa shape index (κ2) is 7.13. The van der Waals surface area contributed by atoms with Gasteiger partial charge in [0.2, 0.25) is 11.7 Å². The number of nitrogens with zero attached hydrogens (tertiary/aromatic N) is 3. The van der Waals surface area contributed by atoms with Crippen molar-refractivity contribution >= 4 is 40.7 Å². The summed E-state index contributed by atoms with van der Waals surface area (Å²) in [6.07, 6.45) is 3.62. The largest absolute Gasteiger partial charge is 0.325 e. The number of carbonyl (C=O) groups excluding carboxylic acids is 1. The van der Waals surface area contributed by atoms with Crippen LogP contribution >= 0.6 is 23.4 Å². The normalized spacial score (nSPS) is 13.6. The third-order valence-electron chi connectivity index (χ3n) is 4.28. The summed E-state index contributed by atoms with van der Waals surface area (Å²) in [5, 5.41) is 12.2. The molecule has 3 aromatic rings. The summed E-state index contributed by atoms with van der Waals surface area (Å²) >= 11 is 7.21. The first-order valence-corrected chi connectivity index (χ1v) is 9.65. The van der Waals surface area contributed by atoms with E-state index in [4.69, 9.17) is 11.6 Å². The monoisotopic (exact) mass is 389 g/mol. The number of thioether (sulfide) groups is 1. The molecule has 0 aliphatic heterocycles. The first kappa shape index (κ1) is 17.1. The number of aromatic nitrogens is 4. The Labute approximate surface area is 158 Å². The molecule has 0 saturated heterocycles. The highest BCUT2D eigenvalue weighted by Crippen LogP contribution is 2.24. The van der Waals surface area contributed by atoms with E-state index in [-0.39, 0.29) is 17.2 Å². The molecule has 0 radical (unpaired) electrons. The molecule has 9 heteroatoms. The van der Waals surface area contributed by atoms with Gasteiger partial charge in [0.15, 0.2) is 5.16 Å². The number of nitrogens with one attached hydrogen (secondary N) is 2. The third-order valence-corrected chi connectivity index (χ3v) is 5.45. The number of hydrogen-bond acceptors (Lipinski definition) is 5. The maximum absolute atomic E-state index is 12.2. The van der Waals surface area contributed by atoms with Gasteiger partial charge in [-0.05, 0) is 43.9 Å². The smallest absolute Gasteiger partial charge is 0.255 e. The summed E-state index contributed by atoms with van der Waals surface area (Å²) < 4.78 is 1.87. The zero-order valence-electron chi connectivity index (χ0n) is 13.8. The molecule has 7 nitrogen and oxygen atoms in total. The molecule has 1 aliphatic carbocycles. The summed E-state index contributed by atoms with van der Waals surface area (Å²) in [5.74, 6) is 0.446. The van der Waals surface area contributed by atoms with Crippen LogP contribution in [-0.2, 0) is 17.6 Å². The Hall–Kier alpha value is -2.32. The standard InChI is InChI=1S/C17H16ClN5O2S/c18-10-4-3-5-11(8-10)19-14(24)9-26-17-22-21-16-20-15(25)12-6-1-2-7-13(12)23(16)17/h3-5,8H,1-2,6-7,9H2,(H,19,24)(H,20,21,25). The minimum Gasteiger partial charge on any atom is -0.325 e. The van der Waals surface area contributed by atoms with E-state index < -0.39 is 0 Å². The van der Waals surface area contributed by atoms with Gasteiger partial charge < -0.3 is 5.32 Å². The molecule has 134 valence electrons. The Balaban J connectivity index is 1.54. The van der Waals surface area contributed by atoms with Crippen LogP contribution < -0.4 is 10.9 Å². The molecule has 2 aromatic heterocycles. The molecule has 2 heterocycles. The summed E-state index contributed by atoms with van der Waals surface area (Å²) in [7, 11) is 0. The summed E-state index contributed by atoms with van der Waals surface area (Å²) in [5.41, 5.74) is 2.32. The average Bonchev–Trinajstić information content (AvgIpc) is 3.03. The van der Waals surface area contributed by atoms with Crippen LogP contribution in [0, 0.1) is 0 Å². The van der Waals surface area contributed by atoms with Crippen LogP contribution in [-0.4, -0.2) is 31.2 Å². The fraction of sp³-hybridized carbons (Fsp3) is 0.294. The summed E-state index contributed by atoms with van der Waals surface area (Å²) in [4.78, 5) is 27.2. The Bertz CT molecular complexity index is 1050. The molecule has 0 atom stereocenters. The predicted octanol–water partition coefficient (Wildman–Crippen LogP) is 2.68. The first-order valence-electron chi connectivity index (χ1n) is 8.29. The van der Waals surface area contributed by atoms with Crippen molar-refractivity contribution in [3.63, 3.8) is 0 Å². The predicted molar refractivity (Wildman–Crippen MR) is 101 cm³/mol. The van der Waals surface area contributed by atoms with Crippen molar-refractivity contribution in [1.82, 2.24) is 19.6 Å². The van der Waals surface area contributed by atoms with Gasteiger partial charge in [-0.1, -0.05) is 29.4 Å². The van der Waals surface area contributed by atoms with Crippen LogP contribution in [0.15, 0.2) is 34.2 Å². The van der Waals surface area contributed by atoms with Gasteiger partial charge in [0.05, 0.1) is 5.75 Å². The Kier molecular flexibility index (Phi) is 4.69. The number of benzene rings is 1. The molecule has 1 amide bonds. The van der Waals surface area contributed by atoms with E-state index in [0.29, 0.717) is 21.6 Å². The van der Waals surface area contributed by atoms with Gasteiger partial charge in [-0.25, -0.2) is 0 Å². The van der Waals surface area contributed by atoms with Crippen molar-refractivity contribution in [2.45, 2.75) is 30.8 Å². The third kappa shape index (κ3) is 3.34. The van der Waals surface area contributed by atoms with Crippen LogP contribution in [0.25, 0.3) is 5.78 Å². The number of H-pyrrole nitrogens is 1. The second-order valence-electron chi connectivity index (χ2n) is 6.08. The van der Waals surface area contributed by atoms with Crippen molar-refractivity contribution in [3.05, 3.63) is 50.9 Å². The van der Waals surface area contributed by atoms with E-state index in [0.717, 1.165) is 36.9 Å². The van der Waals surface area contributed by atoms with Crippen LogP contribution in [0.3, 0.4) is 0 Å². The molecular weight excluding hydrogens is 374 g/mol. The lowest BCUT2D eigenvalue weighted by Crippen LogP contribution is -2.23. The van der Waals surface area contributed by atoms with Crippen molar-refractivity contribution in [1.29, 1.82) is 0 Å². The number of aromatic amines is 1. The molecule has 0 fully saturated rings. The Morgan fingerprint density at radius 2 is 2.15 bits per heavy atom. The van der Waals surface area contributed by atoms with Gasteiger partial charge in [-0.15, -0.1) is 10.2 Å². The highest BCUT2D eigenvalue weighted by atomic mass is 35.5. The highest BCUT2D eigenvalue weighted by Gasteiger charge is 2.20. The second-order valence-corrected chi connectivity index (χ2v) is 7.45. The van der Waals surface area contributed by atoms with Crippen LogP contribution in [0.5, 0.6) is 0 Å². The molecule has 0 spiro atoms. The number of carbonyl (C=O) groups is 1. The topological polar surface area (TPSA) is 92.2 Å². The van der Waals surface area contributed by atoms with Gasteiger partial charge in [-0.2, -0.15) is 0 Å². The van der Waals surface area contributed by atoms with Gasteiger partial charge in [0.1, 0.15) is 0 Å². The highest BCUT2D eigenvalue weighted by molar-refractivity contribution is 7.99. The van der Waals surface area contributed by atoms with Crippen LogP contribution in [0.1, 0.15) is 24.1 Å². The SMILES string of the molecule is O=C(CSc1nnc2[nH]c(=O)c3c(n12)CCCC3)Nc1cccc(Cl)c1. The van der Waals surface area contributed by atoms with Crippen LogP contribution in [0.2, 0.25) is 5.02 Å². The first-order chi connectivity index (χ1) is 12.6. The molecule has 4 rings (SSSR count). The molecule has 1 aromatic carbocycles. The fourth-order valence-electron chi connectivity index (χ4n) is 3.14. The molecule has 1 aliphatic rings. The van der Waals surface area contributed by atoms with Gasteiger partial charge >= 0.3 is 0 Å². The molecule has 2 N–H and O–H groups in total. The molecule has 0 saturated carbocycles. The number of amides is 1. The molecular formula is C17H16ClN5O2S. The number of halogens is 1. The number of hydrogen-bond donors (Lipinski definition) is 2. The minimum atomic E-state index is -0.160. The maximum atomic E-state index is 12.2. The summed E-state index contributed by atoms with van der Waals surface area (Å²) in [6, 6.07) is 7.00. The van der Waals surface area contributed by atoms with Gasteiger partial charge in [0, 0.05) is 22.0 Å². The van der Waals surface area contributed by atoms with E-state index in [1.807, 2.05) is 4.40 Å². The number of aryl methyl sites for hydroxylation is 1. The van der Waals surface area contributed by atoms with Crippen molar-refractivity contribution in [3.8, 4) is 0 Å². The summed E-state index contributed by atoms with van der Waals surface area (Å²) in [6.45, 7) is 0. The van der Waals surface area contributed by atoms with E-state index in [1.54, 1.807) is 24.3 Å². The lowest BCUT2D eigenvalue weighted by Gasteiger charge is -2.16. The van der Waals surface area contributed by atoms with E-state index in [1.165, 1.54) is 11.8 Å². The van der Waals surface area contributed by atoms with Crippen molar-refractivity contribution in [2.75, 3.05) is 11.1 Å². The number of anilines is 1. The van der Waals surface area contributed by atoms with Crippen LogP contribution in [0.4, 0.5) is 5.69 Å². The number of rotatable bonds is 4. The van der Waals surface area contributed by atoms with Crippen molar-refractivity contribution < 1.29 is 4.79 Å². The molecule has 0 unspecified atom stereocenters. The van der Waals surface area contributed by atoms with E-state index in [2.05, 4.69) is 20.5 Å². The fourth-order valence-corrected chi connectivity index (χ4v) is 4.09. The van der Waals surface area contributed by atoms with Crippen molar-refractivity contribution in [2.24, 2.45) is 0 Å². The molecule has 26 heavy (non-hydrogen) atoms. The minimum absolute atomic E-state index is 0.0881. The quantitative estimate of drug-likeness (QED) is 0.669.